The SMILES string of the molecule is CCCCCCCCCCNCC(C)(C)C(C)C. The van der Waals surface area contributed by atoms with Gasteiger partial charge < -0.3 is 5.32 Å². The van der Waals surface area contributed by atoms with Gasteiger partial charge in [-0.2, -0.15) is 0 Å². The lowest BCUT2D eigenvalue weighted by atomic mass is 9.81. The first-order valence-corrected chi connectivity index (χ1v) is 8.21. The molecule has 0 rings (SSSR count). The summed E-state index contributed by atoms with van der Waals surface area (Å²) in [6, 6.07) is 0. The minimum Gasteiger partial charge on any atom is -0.316 e. The monoisotopic (exact) mass is 255 g/mol. The summed E-state index contributed by atoms with van der Waals surface area (Å²) >= 11 is 0. The average Bonchev–Trinajstić information content (AvgIpc) is 2.31. The normalized spacial score (nSPS) is 12.3. The van der Waals surface area contributed by atoms with Gasteiger partial charge in [0.1, 0.15) is 0 Å². The first kappa shape index (κ1) is 18.0. The topological polar surface area (TPSA) is 12.0 Å². The van der Waals surface area contributed by atoms with E-state index in [9.17, 15) is 0 Å². The van der Waals surface area contributed by atoms with Gasteiger partial charge in [-0.1, -0.05) is 79.6 Å². The van der Waals surface area contributed by atoms with E-state index in [4.69, 9.17) is 0 Å². The number of unbranched alkanes of at least 4 members (excludes halogenated alkanes) is 7. The second kappa shape index (κ2) is 10.8. The van der Waals surface area contributed by atoms with Crippen molar-refractivity contribution < 1.29 is 0 Å². The first-order chi connectivity index (χ1) is 8.50. The molecular weight excluding hydrogens is 218 g/mol. The van der Waals surface area contributed by atoms with E-state index in [1.807, 2.05) is 0 Å². The van der Waals surface area contributed by atoms with E-state index >= 15 is 0 Å². The highest BCUT2D eigenvalue weighted by Crippen LogP contribution is 2.24. The maximum atomic E-state index is 3.62. The number of rotatable bonds is 12. The van der Waals surface area contributed by atoms with Crippen LogP contribution in [0.2, 0.25) is 0 Å². The molecule has 0 aromatic heterocycles. The molecule has 0 heterocycles. The Hall–Kier alpha value is -0.0400. The Kier molecular flexibility index (Phi) is 10.8. The summed E-state index contributed by atoms with van der Waals surface area (Å²) < 4.78 is 0. The van der Waals surface area contributed by atoms with Crippen LogP contribution < -0.4 is 5.32 Å². The van der Waals surface area contributed by atoms with E-state index in [0.29, 0.717) is 5.41 Å². The van der Waals surface area contributed by atoms with Gasteiger partial charge in [-0.05, 0) is 24.3 Å². The van der Waals surface area contributed by atoms with E-state index < -0.39 is 0 Å². The van der Waals surface area contributed by atoms with Crippen molar-refractivity contribution in [1.82, 2.24) is 5.32 Å². The minimum atomic E-state index is 0.431. The molecule has 1 heteroatoms. The molecule has 0 saturated carbocycles. The van der Waals surface area contributed by atoms with Crippen LogP contribution in [0, 0.1) is 11.3 Å². The maximum Gasteiger partial charge on any atom is 0.000496 e. The number of hydrogen-bond donors (Lipinski definition) is 1. The summed E-state index contributed by atoms with van der Waals surface area (Å²) in [7, 11) is 0. The van der Waals surface area contributed by atoms with Crippen LogP contribution in [0.4, 0.5) is 0 Å². The van der Waals surface area contributed by atoms with Crippen LogP contribution in [0.3, 0.4) is 0 Å². The zero-order chi connectivity index (χ0) is 13.9. The molecule has 0 spiro atoms. The van der Waals surface area contributed by atoms with Gasteiger partial charge in [-0.15, -0.1) is 0 Å². The Morgan fingerprint density at radius 3 is 1.83 bits per heavy atom. The van der Waals surface area contributed by atoms with Gasteiger partial charge in [0.15, 0.2) is 0 Å². The zero-order valence-corrected chi connectivity index (χ0v) is 13.6. The third-order valence-corrected chi connectivity index (χ3v) is 4.35. The summed E-state index contributed by atoms with van der Waals surface area (Å²) in [4.78, 5) is 0. The Bertz CT molecular complexity index is 172. The first-order valence-electron chi connectivity index (χ1n) is 8.21. The quantitative estimate of drug-likeness (QED) is 0.460. The smallest absolute Gasteiger partial charge is 0.000496 e. The van der Waals surface area contributed by atoms with Crippen molar-refractivity contribution in [2.45, 2.75) is 86.0 Å². The molecule has 0 aliphatic heterocycles. The van der Waals surface area contributed by atoms with Crippen LogP contribution >= 0.6 is 0 Å². The van der Waals surface area contributed by atoms with E-state index in [1.54, 1.807) is 0 Å². The highest BCUT2D eigenvalue weighted by Gasteiger charge is 2.21. The molecule has 1 N–H and O–H groups in total. The lowest BCUT2D eigenvalue weighted by Gasteiger charge is -2.29. The molecular formula is C17H37N. The lowest BCUT2D eigenvalue weighted by molar-refractivity contribution is 0.238. The fourth-order valence-corrected chi connectivity index (χ4v) is 2.00. The van der Waals surface area contributed by atoms with Gasteiger partial charge in [-0.3, -0.25) is 0 Å². The molecule has 18 heavy (non-hydrogen) atoms. The fourth-order valence-electron chi connectivity index (χ4n) is 2.00. The molecule has 0 aromatic carbocycles. The molecule has 0 saturated heterocycles. The van der Waals surface area contributed by atoms with Gasteiger partial charge in [0.05, 0.1) is 0 Å². The van der Waals surface area contributed by atoms with Crippen molar-refractivity contribution in [2.24, 2.45) is 11.3 Å². The highest BCUT2D eigenvalue weighted by molar-refractivity contribution is 4.74. The summed E-state index contributed by atoms with van der Waals surface area (Å²) in [5.41, 5.74) is 0.431. The van der Waals surface area contributed by atoms with Crippen molar-refractivity contribution in [3.8, 4) is 0 Å². The third-order valence-electron chi connectivity index (χ3n) is 4.35. The van der Waals surface area contributed by atoms with Crippen LogP contribution in [-0.2, 0) is 0 Å². The zero-order valence-electron chi connectivity index (χ0n) is 13.6. The average molecular weight is 255 g/mol. The fraction of sp³-hybridized carbons (Fsp3) is 1.00. The maximum absolute atomic E-state index is 3.62. The number of nitrogens with one attached hydrogen (secondary N) is 1. The molecule has 0 bridgehead atoms. The lowest BCUT2D eigenvalue weighted by Crippen LogP contribution is -2.33. The van der Waals surface area contributed by atoms with E-state index in [0.717, 1.165) is 12.5 Å². The Labute approximate surface area is 116 Å². The number of hydrogen-bond acceptors (Lipinski definition) is 1. The highest BCUT2D eigenvalue weighted by atomic mass is 14.9. The van der Waals surface area contributed by atoms with Gasteiger partial charge in [0.25, 0.3) is 0 Å². The van der Waals surface area contributed by atoms with Crippen molar-refractivity contribution in [3.05, 3.63) is 0 Å². The Balaban J connectivity index is 3.21. The molecule has 110 valence electrons. The second-order valence-electron chi connectivity index (χ2n) is 6.79. The van der Waals surface area contributed by atoms with E-state index in [2.05, 4.69) is 39.9 Å². The summed E-state index contributed by atoms with van der Waals surface area (Å²) in [6.45, 7) is 14.0. The van der Waals surface area contributed by atoms with Crippen LogP contribution in [0.25, 0.3) is 0 Å². The Morgan fingerprint density at radius 1 is 0.833 bits per heavy atom. The summed E-state index contributed by atoms with van der Waals surface area (Å²) in [5.74, 6) is 0.753. The molecule has 0 atom stereocenters. The molecule has 0 aliphatic carbocycles. The third kappa shape index (κ3) is 9.94. The summed E-state index contributed by atoms with van der Waals surface area (Å²) in [6.07, 6.45) is 11.3. The molecule has 0 aromatic rings. The molecule has 0 fully saturated rings. The summed E-state index contributed by atoms with van der Waals surface area (Å²) in [5, 5.41) is 3.62. The van der Waals surface area contributed by atoms with Crippen molar-refractivity contribution in [1.29, 1.82) is 0 Å². The Morgan fingerprint density at radius 2 is 1.33 bits per heavy atom. The van der Waals surface area contributed by atoms with Gasteiger partial charge >= 0.3 is 0 Å². The van der Waals surface area contributed by atoms with Crippen LogP contribution in [0.1, 0.15) is 86.0 Å². The largest absolute Gasteiger partial charge is 0.316 e. The standard InChI is InChI=1S/C17H37N/c1-6-7-8-9-10-11-12-13-14-18-15-17(4,5)16(2)3/h16,18H,6-15H2,1-5H3. The minimum absolute atomic E-state index is 0.431. The van der Waals surface area contributed by atoms with Crippen LogP contribution in [-0.4, -0.2) is 13.1 Å². The molecule has 0 amide bonds. The van der Waals surface area contributed by atoms with Crippen molar-refractivity contribution in [3.63, 3.8) is 0 Å². The molecule has 0 radical (unpaired) electrons. The predicted octanol–water partition coefficient (Wildman–Crippen LogP) is 5.40. The van der Waals surface area contributed by atoms with Crippen LogP contribution in [0.5, 0.6) is 0 Å². The van der Waals surface area contributed by atoms with Gasteiger partial charge in [0, 0.05) is 6.54 Å². The van der Waals surface area contributed by atoms with Gasteiger partial charge in [-0.25, -0.2) is 0 Å². The van der Waals surface area contributed by atoms with Crippen LogP contribution in [0.15, 0.2) is 0 Å². The van der Waals surface area contributed by atoms with Gasteiger partial charge in [0.2, 0.25) is 0 Å². The van der Waals surface area contributed by atoms with E-state index in [-0.39, 0.29) is 0 Å². The molecule has 1 nitrogen and oxygen atoms in total. The second-order valence-corrected chi connectivity index (χ2v) is 6.79. The van der Waals surface area contributed by atoms with Crippen molar-refractivity contribution in [2.75, 3.05) is 13.1 Å². The predicted molar refractivity (Wildman–Crippen MR) is 84.1 cm³/mol. The van der Waals surface area contributed by atoms with Crippen molar-refractivity contribution >= 4 is 0 Å². The molecule has 0 unspecified atom stereocenters. The van der Waals surface area contributed by atoms with E-state index in [1.165, 1.54) is 57.9 Å². The molecule has 0 aliphatic rings.